The van der Waals surface area contributed by atoms with Crippen LogP contribution in [0.2, 0.25) is 0 Å². The number of hydrogen-bond acceptors (Lipinski definition) is 3. The Labute approximate surface area is 197 Å². The van der Waals surface area contributed by atoms with E-state index < -0.39 is 0 Å². The van der Waals surface area contributed by atoms with Gasteiger partial charge in [0.1, 0.15) is 11.7 Å². The SMILES string of the molecule is [CH2]CC(C)N1CC[N+](c2cccc([N+](=O)[O-])c2)(C(c2ccccc2)c2ccccc2)CC1C. The zero-order chi connectivity index (χ0) is 23.4. The number of quaternary nitrogens is 1. The Morgan fingerprint density at radius 3 is 2.15 bits per heavy atom. The standard InChI is InChI=1S/C28H33N3O2/c1-4-22(2)29-18-19-31(21-23(29)3,27-17-11-16-26(20-27)30(32)33)28(24-12-7-5-8-13-24)25-14-9-6-10-15-25/h5-17,20,22-23,28H,1,4,18-19,21H2,2-3H3/q+1. The Balaban J connectivity index is 1.92. The Hall–Kier alpha value is -3.02. The van der Waals surface area contributed by atoms with Crippen LogP contribution in [0, 0.1) is 17.0 Å². The van der Waals surface area contributed by atoms with E-state index in [1.807, 2.05) is 18.2 Å². The summed E-state index contributed by atoms with van der Waals surface area (Å²) < 4.78 is 0.650. The van der Waals surface area contributed by atoms with E-state index in [-0.39, 0.29) is 16.7 Å². The highest BCUT2D eigenvalue weighted by atomic mass is 16.6. The molecule has 1 saturated heterocycles. The number of nitro benzene ring substituents is 1. The van der Waals surface area contributed by atoms with Crippen molar-refractivity contribution in [3.8, 4) is 0 Å². The van der Waals surface area contributed by atoms with Crippen molar-refractivity contribution < 1.29 is 4.92 Å². The van der Waals surface area contributed by atoms with Crippen LogP contribution in [-0.2, 0) is 0 Å². The van der Waals surface area contributed by atoms with E-state index in [2.05, 4.69) is 80.3 Å². The number of hydrogen-bond donors (Lipinski definition) is 0. The van der Waals surface area contributed by atoms with Crippen LogP contribution in [0.25, 0.3) is 0 Å². The normalized spacial score (nSPS) is 22.2. The molecule has 3 atom stereocenters. The molecule has 1 fully saturated rings. The van der Waals surface area contributed by atoms with Crippen LogP contribution in [0.1, 0.15) is 37.4 Å². The number of rotatable bonds is 7. The van der Waals surface area contributed by atoms with Crippen LogP contribution in [0.4, 0.5) is 11.4 Å². The molecule has 1 radical (unpaired) electrons. The largest absolute Gasteiger partial charge is 0.287 e. The summed E-state index contributed by atoms with van der Waals surface area (Å²) in [7, 11) is 0. The first kappa shape index (κ1) is 23.1. The summed E-state index contributed by atoms with van der Waals surface area (Å²) in [5.74, 6) is 0. The molecule has 3 unspecified atom stereocenters. The molecule has 0 saturated carbocycles. The summed E-state index contributed by atoms with van der Waals surface area (Å²) in [6.45, 7) is 11.3. The summed E-state index contributed by atoms with van der Waals surface area (Å²) in [6.07, 6.45) is 0.863. The van der Waals surface area contributed by atoms with E-state index in [1.165, 1.54) is 11.1 Å². The molecule has 1 heterocycles. The van der Waals surface area contributed by atoms with Crippen LogP contribution < -0.4 is 4.48 Å². The molecule has 3 aromatic carbocycles. The van der Waals surface area contributed by atoms with Crippen molar-refractivity contribution in [3.63, 3.8) is 0 Å². The first-order valence-corrected chi connectivity index (χ1v) is 11.7. The number of piperazine rings is 1. The lowest BCUT2D eigenvalue weighted by Gasteiger charge is -2.52. The lowest BCUT2D eigenvalue weighted by Crippen LogP contribution is -2.66. The topological polar surface area (TPSA) is 46.4 Å². The highest BCUT2D eigenvalue weighted by Gasteiger charge is 2.47. The minimum absolute atomic E-state index is 0.0362. The van der Waals surface area contributed by atoms with Gasteiger partial charge in [-0.15, -0.1) is 0 Å². The average molecular weight is 444 g/mol. The van der Waals surface area contributed by atoms with Gasteiger partial charge in [-0.3, -0.25) is 19.5 Å². The van der Waals surface area contributed by atoms with Gasteiger partial charge in [-0.1, -0.05) is 67.6 Å². The van der Waals surface area contributed by atoms with Crippen LogP contribution in [0.3, 0.4) is 0 Å². The van der Waals surface area contributed by atoms with Gasteiger partial charge in [0.15, 0.2) is 0 Å². The molecule has 0 aliphatic carbocycles. The van der Waals surface area contributed by atoms with Crippen molar-refractivity contribution >= 4 is 11.4 Å². The molecule has 3 aromatic rings. The number of benzene rings is 3. The third kappa shape index (κ3) is 4.56. The van der Waals surface area contributed by atoms with Gasteiger partial charge in [0, 0.05) is 29.8 Å². The molecular formula is C28H33N3O2+. The Morgan fingerprint density at radius 1 is 1.03 bits per heavy atom. The highest BCUT2D eigenvalue weighted by Crippen LogP contribution is 2.43. The second kappa shape index (κ2) is 9.86. The molecule has 0 spiro atoms. The predicted octanol–water partition coefficient (Wildman–Crippen LogP) is 6.01. The van der Waals surface area contributed by atoms with E-state index >= 15 is 0 Å². The molecule has 1 aliphatic heterocycles. The maximum absolute atomic E-state index is 11.7. The zero-order valence-electron chi connectivity index (χ0n) is 19.5. The smallest absolute Gasteiger partial charge is 0.275 e. The van der Waals surface area contributed by atoms with Gasteiger partial charge in [0.2, 0.25) is 0 Å². The van der Waals surface area contributed by atoms with E-state index in [4.69, 9.17) is 0 Å². The molecule has 1 aliphatic rings. The Kier molecular flexibility index (Phi) is 6.91. The number of non-ortho nitro benzene ring substituents is 1. The van der Waals surface area contributed by atoms with Crippen molar-refractivity contribution in [1.82, 2.24) is 9.38 Å². The summed E-state index contributed by atoms with van der Waals surface area (Å²) in [4.78, 5) is 13.9. The Morgan fingerprint density at radius 2 is 1.64 bits per heavy atom. The molecule has 0 N–H and O–H groups in total. The second-order valence-electron chi connectivity index (χ2n) is 9.17. The van der Waals surface area contributed by atoms with Gasteiger partial charge in [-0.25, -0.2) is 0 Å². The van der Waals surface area contributed by atoms with Crippen molar-refractivity contribution in [2.45, 2.75) is 38.4 Å². The molecule has 0 aromatic heterocycles. The van der Waals surface area contributed by atoms with E-state index in [0.717, 1.165) is 31.7 Å². The lowest BCUT2D eigenvalue weighted by molar-refractivity contribution is -0.384. The summed E-state index contributed by atoms with van der Waals surface area (Å²) in [5, 5.41) is 11.7. The van der Waals surface area contributed by atoms with Crippen LogP contribution in [-0.4, -0.2) is 41.5 Å². The van der Waals surface area contributed by atoms with Crippen molar-refractivity contribution in [2.75, 3.05) is 19.6 Å². The summed E-state index contributed by atoms with van der Waals surface area (Å²) in [5.41, 5.74) is 3.59. The third-order valence-corrected chi connectivity index (χ3v) is 7.18. The van der Waals surface area contributed by atoms with Crippen LogP contribution in [0.15, 0.2) is 84.9 Å². The monoisotopic (exact) mass is 443 g/mol. The number of nitrogens with zero attached hydrogens (tertiary/aromatic N) is 3. The van der Waals surface area contributed by atoms with E-state index in [0.29, 0.717) is 16.6 Å². The molecule has 0 bridgehead atoms. The fraction of sp³-hybridized carbons (Fsp3) is 0.321. The molecule has 33 heavy (non-hydrogen) atoms. The zero-order valence-corrected chi connectivity index (χ0v) is 19.5. The van der Waals surface area contributed by atoms with Gasteiger partial charge in [0.05, 0.1) is 30.1 Å². The molecule has 5 heteroatoms. The van der Waals surface area contributed by atoms with Crippen molar-refractivity contribution in [1.29, 1.82) is 0 Å². The van der Waals surface area contributed by atoms with Crippen LogP contribution in [0.5, 0.6) is 0 Å². The van der Waals surface area contributed by atoms with E-state index in [9.17, 15) is 10.1 Å². The number of nitro groups is 1. The molecule has 0 amide bonds. The predicted molar refractivity (Wildman–Crippen MR) is 135 cm³/mol. The first-order valence-electron chi connectivity index (χ1n) is 11.7. The van der Waals surface area contributed by atoms with Crippen LogP contribution >= 0.6 is 0 Å². The average Bonchev–Trinajstić information content (AvgIpc) is 2.85. The minimum Gasteiger partial charge on any atom is -0.287 e. The Bertz CT molecular complexity index is 1030. The summed E-state index contributed by atoms with van der Waals surface area (Å²) >= 11 is 0. The third-order valence-electron chi connectivity index (χ3n) is 7.18. The fourth-order valence-corrected chi connectivity index (χ4v) is 5.54. The fourth-order valence-electron chi connectivity index (χ4n) is 5.54. The minimum atomic E-state index is -0.287. The highest BCUT2D eigenvalue weighted by molar-refractivity contribution is 5.54. The maximum atomic E-state index is 11.7. The molecular weight excluding hydrogens is 410 g/mol. The summed E-state index contributed by atoms with van der Waals surface area (Å²) in [6, 6.07) is 29.2. The molecule has 171 valence electrons. The van der Waals surface area contributed by atoms with Crippen molar-refractivity contribution in [3.05, 3.63) is 113 Å². The second-order valence-corrected chi connectivity index (χ2v) is 9.17. The molecule has 5 nitrogen and oxygen atoms in total. The van der Waals surface area contributed by atoms with Gasteiger partial charge < -0.3 is 0 Å². The van der Waals surface area contributed by atoms with E-state index in [1.54, 1.807) is 12.1 Å². The quantitative estimate of drug-likeness (QED) is 0.255. The van der Waals surface area contributed by atoms with Gasteiger partial charge in [0.25, 0.3) is 5.69 Å². The van der Waals surface area contributed by atoms with Gasteiger partial charge in [-0.05, 0) is 32.4 Å². The lowest BCUT2D eigenvalue weighted by atomic mass is 9.90. The van der Waals surface area contributed by atoms with Gasteiger partial charge >= 0.3 is 0 Å². The van der Waals surface area contributed by atoms with Crippen molar-refractivity contribution in [2.24, 2.45) is 0 Å². The first-order chi connectivity index (χ1) is 16.0. The van der Waals surface area contributed by atoms with Gasteiger partial charge in [-0.2, -0.15) is 0 Å². The maximum Gasteiger partial charge on any atom is 0.275 e. The molecule has 4 rings (SSSR count).